The van der Waals surface area contributed by atoms with Gasteiger partial charge in [-0.3, -0.25) is 9.78 Å². The number of carbonyl (C=O) groups is 1. The molecule has 10 heteroatoms. The number of nitrogens with one attached hydrogen (secondary N) is 3. The molecule has 3 aromatic rings. The Morgan fingerprint density at radius 2 is 1.86 bits per heavy atom. The smallest absolute Gasteiger partial charge is 0.417 e. The molecule has 148 valence electrons. The number of phenolic OH excluding ortho intramolecular Hbond substituents is 1. The number of H-pyrrole nitrogens is 1. The number of fused-ring (bicyclic) bond motifs is 1. The summed E-state index contributed by atoms with van der Waals surface area (Å²) in [5.41, 5.74) is 1.50. The van der Waals surface area contributed by atoms with Gasteiger partial charge >= 0.3 is 5.76 Å². The maximum Gasteiger partial charge on any atom is 0.417 e. The molecule has 0 atom stereocenters. The van der Waals surface area contributed by atoms with Crippen LogP contribution in [0.5, 0.6) is 5.75 Å². The van der Waals surface area contributed by atoms with Crippen LogP contribution in [0, 0.1) is 0 Å². The largest absolute Gasteiger partial charge is 0.508 e. The van der Waals surface area contributed by atoms with Gasteiger partial charge in [0.1, 0.15) is 5.75 Å². The van der Waals surface area contributed by atoms with Gasteiger partial charge in [-0.25, -0.2) is 17.9 Å². The third kappa shape index (κ3) is 4.99. The molecule has 4 N–H and O–H groups in total. The van der Waals surface area contributed by atoms with Gasteiger partial charge in [-0.15, -0.1) is 0 Å². The number of rotatable bonds is 8. The molecule has 0 saturated carbocycles. The average molecular weight is 405 g/mol. The Morgan fingerprint density at radius 3 is 2.61 bits per heavy atom. The second kappa shape index (κ2) is 8.28. The Balaban J connectivity index is 1.46. The van der Waals surface area contributed by atoms with Gasteiger partial charge in [0, 0.05) is 25.6 Å². The topological polar surface area (TPSA) is 142 Å². The summed E-state index contributed by atoms with van der Waals surface area (Å²) in [6, 6.07) is 10.7. The molecule has 1 heterocycles. The van der Waals surface area contributed by atoms with E-state index >= 15 is 0 Å². The molecule has 0 unspecified atom stereocenters. The number of benzene rings is 2. The Hall–Kier alpha value is -3.11. The van der Waals surface area contributed by atoms with Gasteiger partial charge in [0.25, 0.3) is 0 Å². The minimum Gasteiger partial charge on any atom is -0.508 e. The summed E-state index contributed by atoms with van der Waals surface area (Å²) in [7, 11) is -3.84. The lowest BCUT2D eigenvalue weighted by atomic mass is 10.1. The molecule has 0 aliphatic rings. The molecule has 0 fully saturated rings. The Morgan fingerprint density at radius 1 is 1.11 bits per heavy atom. The third-order valence-corrected chi connectivity index (χ3v) is 5.48. The number of aromatic nitrogens is 1. The highest BCUT2D eigenvalue weighted by molar-refractivity contribution is 7.89. The number of phenols is 1. The van der Waals surface area contributed by atoms with Crippen molar-refractivity contribution in [3.8, 4) is 5.75 Å². The number of aromatic hydroxyl groups is 1. The highest BCUT2D eigenvalue weighted by atomic mass is 32.2. The van der Waals surface area contributed by atoms with Crippen LogP contribution in [-0.2, 0) is 21.2 Å². The van der Waals surface area contributed by atoms with Crippen LogP contribution < -0.4 is 15.8 Å². The van der Waals surface area contributed by atoms with E-state index in [9.17, 15) is 23.1 Å². The summed E-state index contributed by atoms with van der Waals surface area (Å²) >= 11 is 0. The SMILES string of the molecule is O=C(CCNS(=O)(=O)c1ccc2[nH]c(=O)oc2c1)NCCc1ccc(O)cc1. The summed E-state index contributed by atoms with van der Waals surface area (Å²) < 4.78 is 31.8. The number of amides is 1. The van der Waals surface area contributed by atoms with Gasteiger partial charge in [0.05, 0.1) is 10.4 Å². The zero-order valence-electron chi connectivity index (χ0n) is 14.8. The van der Waals surface area contributed by atoms with E-state index in [1.54, 1.807) is 24.3 Å². The second-order valence-corrected chi connectivity index (χ2v) is 7.85. The van der Waals surface area contributed by atoms with E-state index in [1.807, 2.05) is 0 Å². The summed E-state index contributed by atoms with van der Waals surface area (Å²) in [4.78, 5) is 25.4. The average Bonchev–Trinajstić information content (AvgIpc) is 3.02. The number of sulfonamides is 1. The van der Waals surface area contributed by atoms with E-state index < -0.39 is 15.8 Å². The number of hydrogen-bond donors (Lipinski definition) is 4. The monoisotopic (exact) mass is 405 g/mol. The fourth-order valence-electron chi connectivity index (χ4n) is 2.57. The standard InChI is InChI=1S/C18H19N3O6S/c22-13-3-1-12(2-4-13)7-9-19-17(23)8-10-20-28(25,26)14-5-6-15-16(11-14)27-18(24)21-15/h1-6,11,20,22H,7-10H2,(H,19,23)(H,21,24). The Kier molecular flexibility index (Phi) is 5.81. The van der Waals surface area contributed by atoms with Crippen molar-refractivity contribution in [1.29, 1.82) is 0 Å². The minimum atomic E-state index is -3.84. The molecule has 9 nitrogen and oxygen atoms in total. The molecule has 0 aliphatic heterocycles. The van der Waals surface area contributed by atoms with Crippen LogP contribution in [0.3, 0.4) is 0 Å². The Bertz CT molecular complexity index is 1130. The molecule has 0 radical (unpaired) electrons. The van der Waals surface area contributed by atoms with Crippen LogP contribution in [0.1, 0.15) is 12.0 Å². The molecular weight excluding hydrogens is 386 g/mol. The maximum atomic E-state index is 12.3. The number of oxazole rings is 1. The summed E-state index contributed by atoms with van der Waals surface area (Å²) in [5, 5.41) is 11.9. The van der Waals surface area contributed by atoms with Crippen molar-refractivity contribution in [3.63, 3.8) is 0 Å². The summed E-state index contributed by atoms with van der Waals surface area (Å²) in [6.45, 7) is 0.335. The molecule has 0 bridgehead atoms. The first-order chi connectivity index (χ1) is 13.3. The van der Waals surface area contributed by atoms with Crippen LogP contribution in [0.15, 0.2) is 56.6 Å². The van der Waals surface area contributed by atoms with E-state index in [0.717, 1.165) is 5.56 Å². The lowest BCUT2D eigenvalue weighted by Crippen LogP contribution is -2.31. The van der Waals surface area contributed by atoms with Crippen LogP contribution >= 0.6 is 0 Å². The molecule has 0 spiro atoms. The van der Waals surface area contributed by atoms with Gasteiger partial charge in [-0.05, 0) is 36.2 Å². The predicted octanol–water partition coefficient (Wildman–Crippen LogP) is 0.854. The van der Waals surface area contributed by atoms with Crippen molar-refractivity contribution in [3.05, 3.63) is 58.6 Å². The molecule has 2 aromatic carbocycles. The van der Waals surface area contributed by atoms with Crippen LogP contribution in [0.25, 0.3) is 11.1 Å². The van der Waals surface area contributed by atoms with E-state index in [0.29, 0.717) is 18.5 Å². The lowest BCUT2D eigenvalue weighted by molar-refractivity contribution is -0.120. The van der Waals surface area contributed by atoms with Crippen molar-refractivity contribution >= 4 is 27.0 Å². The van der Waals surface area contributed by atoms with Crippen LogP contribution in [-0.4, -0.2) is 37.5 Å². The predicted molar refractivity (Wildman–Crippen MR) is 101 cm³/mol. The minimum absolute atomic E-state index is 0.0176. The number of aromatic amines is 1. The van der Waals surface area contributed by atoms with Crippen LogP contribution in [0.2, 0.25) is 0 Å². The highest BCUT2D eigenvalue weighted by Gasteiger charge is 2.16. The van der Waals surface area contributed by atoms with Gasteiger partial charge in [-0.2, -0.15) is 0 Å². The summed E-state index contributed by atoms with van der Waals surface area (Å²) in [6.07, 6.45) is 0.579. The van der Waals surface area contributed by atoms with Crippen LogP contribution in [0.4, 0.5) is 0 Å². The van der Waals surface area contributed by atoms with Gasteiger partial charge in [-0.1, -0.05) is 12.1 Å². The first-order valence-electron chi connectivity index (χ1n) is 8.51. The molecule has 3 rings (SSSR count). The van der Waals surface area contributed by atoms with E-state index in [1.165, 1.54) is 18.2 Å². The van der Waals surface area contributed by atoms with E-state index in [4.69, 9.17) is 4.42 Å². The van der Waals surface area contributed by atoms with Crippen molar-refractivity contribution in [2.75, 3.05) is 13.1 Å². The quantitative estimate of drug-likeness (QED) is 0.438. The van der Waals surface area contributed by atoms with Crippen molar-refractivity contribution < 1.29 is 22.7 Å². The van der Waals surface area contributed by atoms with Crippen molar-refractivity contribution in [2.24, 2.45) is 0 Å². The first-order valence-corrected chi connectivity index (χ1v) is 9.99. The molecule has 1 aromatic heterocycles. The molecular formula is C18H19N3O6S. The highest BCUT2D eigenvalue weighted by Crippen LogP contribution is 2.16. The summed E-state index contributed by atoms with van der Waals surface area (Å²) in [5.74, 6) is -0.770. The molecule has 0 aliphatic carbocycles. The zero-order chi connectivity index (χ0) is 20.1. The normalized spacial score (nSPS) is 11.6. The van der Waals surface area contributed by atoms with Crippen molar-refractivity contribution in [2.45, 2.75) is 17.7 Å². The van der Waals surface area contributed by atoms with Crippen molar-refractivity contribution in [1.82, 2.24) is 15.0 Å². The Labute approximate surface area is 160 Å². The molecule has 1 amide bonds. The van der Waals surface area contributed by atoms with E-state index in [2.05, 4.69) is 15.0 Å². The fourth-order valence-corrected chi connectivity index (χ4v) is 3.62. The van der Waals surface area contributed by atoms with Gasteiger partial charge < -0.3 is 14.8 Å². The number of carbonyl (C=O) groups excluding carboxylic acids is 1. The zero-order valence-corrected chi connectivity index (χ0v) is 15.6. The first kappa shape index (κ1) is 19.6. The molecule has 28 heavy (non-hydrogen) atoms. The maximum absolute atomic E-state index is 12.3. The van der Waals surface area contributed by atoms with Gasteiger partial charge in [0.2, 0.25) is 15.9 Å². The van der Waals surface area contributed by atoms with E-state index in [-0.39, 0.29) is 35.1 Å². The number of hydrogen-bond acceptors (Lipinski definition) is 6. The third-order valence-electron chi connectivity index (χ3n) is 4.02. The van der Waals surface area contributed by atoms with Gasteiger partial charge in [0.15, 0.2) is 5.58 Å². The molecule has 0 saturated heterocycles. The lowest BCUT2D eigenvalue weighted by Gasteiger charge is -2.08. The second-order valence-electron chi connectivity index (χ2n) is 6.09. The fraction of sp³-hybridized carbons (Fsp3) is 0.222.